The molecular weight excluding hydrogens is 447 g/mol. The number of amides is 1. The van der Waals surface area contributed by atoms with Crippen molar-refractivity contribution < 1.29 is 27.1 Å². The third-order valence-electron chi connectivity index (χ3n) is 4.30. The third-order valence-corrected chi connectivity index (χ3v) is 6.02. The summed E-state index contributed by atoms with van der Waals surface area (Å²) < 4.78 is 45.1. The van der Waals surface area contributed by atoms with Crippen LogP contribution in [0.3, 0.4) is 0 Å². The second-order valence-corrected chi connectivity index (χ2v) is 8.75. The first-order valence-corrected chi connectivity index (χ1v) is 11.0. The molecule has 0 radical (unpaired) electrons. The molecule has 0 aliphatic rings. The second-order valence-electron chi connectivity index (χ2n) is 6.58. The minimum Gasteiger partial charge on any atom is -0.452 e. The monoisotopic (exact) mass is 464 g/mol. The molecule has 0 saturated heterocycles. The van der Waals surface area contributed by atoms with E-state index in [1.807, 2.05) is 12.1 Å². The molecular formula is C21H18ClFN2O5S. The third kappa shape index (κ3) is 5.78. The Bertz CT molecular complexity index is 1250. The highest BCUT2D eigenvalue weighted by Crippen LogP contribution is 2.22. The lowest BCUT2D eigenvalue weighted by molar-refractivity contribution is -0.151. The molecule has 0 aromatic heterocycles. The highest BCUT2D eigenvalue weighted by Gasteiger charge is 2.21. The highest BCUT2D eigenvalue weighted by molar-refractivity contribution is 7.89. The van der Waals surface area contributed by atoms with Gasteiger partial charge in [0.2, 0.25) is 10.0 Å². The fourth-order valence-corrected chi connectivity index (χ4v) is 3.91. The van der Waals surface area contributed by atoms with Gasteiger partial charge in [0.1, 0.15) is 12.4 Å². The molecule has 31 heavy (non-hydrogen) atoms. The molecule has 0 aliphatic carbocycles. The Hall–Kier alpha value is -3.01. The van der Waals surface area contributed by atoms with E-state index in [-0.39, 0.29) is 15.6 Å². The van der Waals surface area contributed by atoms with E-state index in [1.165, 1.54) is 25.1 Å². The van der Waals surface area contributed by atoms with Gasteiger partial charge in [0, 0.05) is 0 Å². The smallest absolute Gasteiger partial charge is 0.321 e. The summed E-state index contributed by atoms with van der Waals surface area (Å²) in [6, 6.07) is 15.2. The number of sulfonamides is 1. The summed E-state index contributed by atoms with van der Waals surface area (Å²) in [5.41, 5.74) is 0.146. The summed E-state index contributed by atoms with van der Waals surface area (Å²) >= 11 is 5.84. The van der Waals surface area contributed by atoms with Gasteiger partial charge >= 0.3 is 5.97 Å². The van der Waals surface area contributed by atoms with E-state index in [0.29, 0.717) is 0 Å². The molecule has 0 aliphatic heterocycles. The summed E-state index contributed by atoms with van der Waals surface area (Å²) in [6.45, 7) is 0.645. The maximum atomic E-state index is 13.1. The van der Waals surface area contributed by atoms with E-state index >= 15 is 0 Å². The van der Waals surface area contributed by atoms with Crippen molar-refractivity contribution in [2.24, 2.45) is 0 Å². The molecule has 7 nitrogen and oxygen atoms in total. The van der Waals surface area contributed by atoms with Crippen LogP contribution in [0.15, 0.2) is 65.6 Å². The molecule has 10 heteroatoms. The van der Waals surface area contributed by atoms with Crippen molar-refractivity contribution in [2.75, 3.05) is 11.9 Å². The predicted octanol–water partition coefficient (Wildman–Crippen LogP) is 3.48. The lowest BCUT2D eigenvalue weighted by Gasteiger charge is -2.14. The second kappa shape index (κ2) is 9.42. The maximum Gasteiger partial charge on any atom is 0.321 e. The molecule has 3 rings (SSSR count). The van der Waals surface area contributed by atoms with Crippen LogP contribution in [0, 0.1) is 5.82 Å². The van der Waals surface area contributed by atoms with Gasteiger partial charge in [-0.2, -0.15) is 4.72 Å². The lowest BCUT2D eigenvalue weighted by atomic mass is 10.1. The Balaban J connectivity index is 1.57. The molecule has 0 spiro atoms. The van der Waals surface area contributed by atoms with Gasteiger partial charge in [0.15, 0.2) is 6.10 Å². The van der Waals surface area contributed by atoms with Gasteiger partial charge in [-0.1, -0.05) is 41.9 Å². The van der Waals surface area contributed by atoms with Crippen LogP contribution in [0.2, 0.25) is 5.02 Å². The number of carbonyl (C=O) groups is 2. The van der Waals surface area contributed by atoms with Crippen LogP contribution in [-0.4, -0.2) is 32.9 Å². The first-order chi connectivity index (χ1) is 14.7. The summed E-state index contributed by atoms with van der Waals surface area (Å²) in [5, 5.41) is 4.00. The van der Waals surface area contributed by atoms with Crippen molar-refractivity contribution in [3.05, 3.63) is 71.5 Å². The predicted molar refractivity (Wildman–Crippen MR) is 115 cm³/mol. The van der Waals surface area contributed by atoms with Crippen LogP contribution in [-0.2, 0) is 24.3 Å². The van der Waals surface area contributed by atoms with E-state index in [4.69, 9.17) is 16.3 Å². The Morgan fingerprint density at radius 3 is 2.48 bits per heavy atom. The number of esters is 1. The van der Waals surface area contributed by atoms with E-state index in [1.54, 1.807) is 18.2 Å². The summed E-state index contributed by atoms with van der Waals surface area (Å²) in [5.74, 6) is -2.22. The molecule has 162 valence electrons. The van der Waals surface area contributed by atoms with Crippen molar-refractivity contribution in [3.8, 4) is 0 Å². The molecule has 0 bridgehead atoms. The molecule has 0 unspecified atom stereocenters. The lowest BCUT2D eigenvalue weighted by Crippen LogP contribution is -2.35. The molecule has 3 aromatic rings. The van der Waals surface area contributed by atoms with Crippen LogP contribution in [0.5, 0.6) is 0 Å². The van der Waals surface area contributed by atoms with E-state index in [2.05, 4.69) is 10.0 Å². The van der Waals surface area contributed by atoms with E-state index in [0.717, 1.165) is 22.9 Å². The molecule has 1 atom stereocenters. The number of nitrogens with one attached hydrogen (secondary N) is 2. The van der Waals surface area contributed by atoms with Gasteiger partial charge in [-0.15, -0.1) is 0 Å². The van der Waals surface area contributed by atoms with Gasteiger partial charge in [-0.25, -0.2) is 12.8 Å². The number of rotatable bonds is 7. The van der Waals surface area contributed by atoms with Crippen molar-refractivity contribution in [1.29, 1.82) is 0 Å². The topological polar surface area (TPSA) is 102 Å². The van der Waals surface area contributed by atoms with Gasteiger partial charge in [-0.3, -0.25) is 9.59 Å². The van der Waals surface area contributed by atoms with Crippen LogP contribution in [0.4, 0.5) is 10.1 Å². The fraction of sp³-hybridized carbons (Fsp3) is 0.143. The highest BCUT2D eigenvalue weighted by atomic mass is 35.5. The van der Waals surface area contributed by atoms with Crippen molar-refractivity contribution in [2.45, 2.75) is 17.9 Å². The number of benzene rings is 3. The minimum absolute atomic E-state index is 0.00394. The van der Waals surface area contributed by atoms with E-state index in [9.17, 15) is 22.4 Å². The van der Waals surface area contributed by atoms with Gasteiger partial charge in [0.25, 0.3) is 5.91 Å². The standard InChI is InChI=1S/C21H18ClFN2O5S/c1-13(21(27)25-19-9-7-16(23)11-18(19)22)30-20(26)12-24-31(28,29)17-8-6-14-4-2-3-5-15(14)10-17/h2-11,13,24H,12H2,1H3,(H,25,27)/t13-/m1/s1. The average Bonchev–Trinajstić information content (AvgIpc) is 2.74. The number of ether oxygens (including phenoxy) is 1. The fourth-order valence-electron chi connectivity index (χ4n) is 2.69. The number of hydrogen-bond acceptors (Lipinski definition) is 5. The summed E-state index contributed by atoms with van der Waals surface area (Å²) in [7, 11) is -3.97. The minimum atomic E-state index is -3.97. The number of carbonyl (C=O) groups excluding carboxylic acids is 2. The summed E-state index contributed by atoms with van der Waals surface area (Å²) in [4.78, 5) is 24.2. The summed E-state index contributed by atoms with van der Waals surface area (Å²) in [6.07, 6.45) is -1.24. The molecule has 2 N–H and O–H groups in total. The zero-order chi connectivity index (χ0) is 22.6. The van der Waals surface area contributed by atoms with Crippen LogP contribution >= 0.6 is 11.6 Å². The molecule has 1 amide bonds. The van der Waals surface area contributed by atoms with Gasteiger partial charge < -0.3 is 10.1 Å². The molecule has 3 aromatic carbocycles. The Morgan fingerprint density at radius 2 is 1.77 bits per heavy atom. The number of halogens is 2. The quantitative estimate of drug-likeness (QED) is 0.521. The normalized spacial score (nSPS) is 12.4. The van der Waals surface area contributed by atoms with Crippen LogP contribution < -0.4 is 10.0 Å². The van der Waals surface area contributed by atoms with Crippen molar-refractivity contribution >= 4 is 50.0 Å². The molecule has 0 heterocycles. The first-order valence-electron chi connectivity index (χ1n) is 9.09. The van der Waals surface area contributed by atoms with Crippen LogP contribution in [0.25, 0.3) is 10.8 Å². The number of hydrogen-bond donors (Lipinski definition) is 2. The van der Waals surface area contributed by atoms with Gasteiger partial charge in [0.05, 0.1) is 15.6 Å². The number of anilines is 1. The van der Waals surface area contributed by atoms with Crippen LogP contribution in [0.1, 0.15) is 6.92 Å². The zero-order valence-corrected chi connectivity index (χ0v) is 17.8. The largest absolute Gasteiger partial charge is 0.452 e. The maximum absolute atomic E-state index is 13.1. The van der Waals surface area contributed by atoms with Crippen molar-refractivity contribution in [1.82, 2.24) is 4.72 Å². The van der Waals surface area contributed by atoms with E-state index < -0.39 is 40.4 Å². The molecule has 0 saturated carbocycles. The average molecular weight is 465 g/mol. The zero-order valence-electron chi connectivity index (χ0n) is 16.3. The Labute approximate surface area is 183 Å². The van der Waals surface area contributed by atoms with Gasteiger partial charge in [-0.05, 0) is 48.0 Å². The first kappa shape index (κ1) is 22.7. The SMILES string of the molecule is C[C@@H](OC(=O)CNS(=O)(=O)c1ccc2ccccc2c1)C(=O)Nc1ccc(F)cc1Cl. The molecule has 0 fully saturated rings. The Kier molecular flexibility index (Phi) is 6.89. The van der Waals surface area contributed by atoms with Crippen molar-refractivity contribution in [3.63, 3.8) is 0 Å². The number of fused-ring (bicyclic) bond motifs is 1. The Morgan fingerprint density at radius 1 is 1.06 bits per heavy atom.